The van der Waals surface area contributed by atoms with Crippen LogP contribution >= 0.6 is 15.9 Å². The average Bonchev–Trinajstić information content (AvgIpc) is 2.98. The Morgan fingerprint density at radius 1 is 1.08 bits per heavy atom. The van der Waals surface area contributed by atoms with Crippen LogP contribution in [0.25, 0.3) is 0 Å². The summed E-state index contributed by atoms with van der Waals surface area (Å²) in [6.45, 7) is 6.41. The minimum absolute atomic E-state index is 0.00675. The van der Waals surface area contributed by atoms with Crippen LogP contribution in [0, 0.1) is 26.7 Å². The van der Waals surface area contributed by atoms with Gasteiger partial charge in [-0.2, -0.15) is 0 Å². The lowest BCUT2D eigenvalue weighted by Crippen LogP contribution is -2.28. The molecule has 1 aliphatic heterocycles. The molecule has 0 bridgehead atoms. The molecule has 25 heavy (non-hydrogen) atoms. The standard InChI is InChI=1S/C20H21BrN2O2/c1-12-4-6-16(7-5-12)23-11-15(10-19(23)24)20(25)22-18-9-8-17(21)13(2)14(18)3/h4-9,15H,10-11H2,1-3H3,(H,22,25)/t15-/m0/s1. The van der Waals surface area contributed by atoms with E-state index in [-0.39, 0.29) is 24.2 Å². The van der Waals surface area contributed by atoms with Gasteiger partial charge < -0.3 is 10.2 Å². The van der Waals surface area contributed by atoms with E-state index < -0.39 is 0 Å². The zero-order valence-corrected chi connectivity index (χ0v) is 16.2. The van der Waals surface area contributed by atoms with Gasteiger partial charge in [-0.05, 0) is 56.2 Å². The number of carbonyl (C=O) groups is 2. The third-order valence-electron chi connectivity index (χ3n) is 4.82. The van der Waals surface area contributed by atoms with Gasteiger partial charge in [0.15, 0.2) is 0 Å². The molecule has 5 heteroatoms. The third-order valence-corrected chi connectivity index (χ3v) is 5.68. The van der Waals surface area contributed by atoms with E-state index in [1.165, 1.54) is 0 Å². The first-order valence-electron chi connectivity index (χ1n) is 8.30. The minimum atomic E-state index is -0.336. The first-order chi connectivity index (χ1) is 11.9. The molecular weight excluding hydrogens is 380 g/mol. The molecule has 2 aromatic rings. The summed E-state index contributed by atoms with van der Waals surface area (Å²) >= 11 is 3.50. The summed E-state index contributed by atoms with van der Waals surface area (Å²) in [4.78, 5) is 26.7. The number of aryl methyl sites for hydroxylation is 1. The Kier molecular flexibility index (Phi) is 4.95. The Balaban J connectivity index is 1.73. The number of amides is 2. The molecule has 1 saturated heterocycles. The Morgan fingerprint density at radius 3 is 2.44 bits per heavy atom. The maximum atomic E-state index is 12.6. The fraction of sp³-hybridized carbons (Fsp3) is 0.300. The molecule has 0 spiro atoms. The maximum absolute atomic E-state index is 12.6. The molecule has 130 valence electrons. The molecule has 0 aliphatic carbocycles. The lowest BCUT2D eigenvalue weighted by molar-refractivity contribution is -0.122. The van der Waals surface area contributed by atoms with Gasteiger partial charge in [0.1, 0.15) is 0 Å². The zero-order chi connectivity index (χ0) is 18.1. The van der Waals surface area contributed by atoms with E-state index in [0.717, 1.165) is 32.5 Å². The van der Waals surface area contributed by atoms with Crippen molar-refractivity contribution in [1.29, 1.82) is 0 Å². The number of hydrogen-bond donors (Lipinski definition) is 1. The van der Waals surface area contributed by atoms with Crippen LogP contribution in [0.1, 0.15) is 23.1 Å². The van der Waals surface area contributed by atoms with Crippen LogP contribution in [-0.2, 0) is 9.59 Å². The van der Waals surface area contributed by atoms with Gasteiger partial charge >= 0.3 is 0 Å². The number of nitrogens with one attached hydrogen (secondary N) is 1. The molecule has 1 atom stereocenters. The lowest BCUT2D eigenvalue weighted by Gasteiger charge is -2.17. The van der Waals surface area contributed by atoms with Crippen molar-refractivity contribution in [2.45, 2.75) is 27.2 Å². The predicted octanol–water partition coefficient (Wildman–Crippen LogP) is 4.37. The van der Waals surface area contributed by atoms with Crippen LogP contribution in [0.5, 0.6) is 0 Å². The van der Waals surface area contributed by atoms with Gasteiger partial charge in [-0.25, -0.2) is 0 Å². The second-order valence-corrected chi connectivity index (χ2v) is 7.43. The van der Waals surface area contributed by atoms with Crippen molar-refractivity contribution in [2.75, 3.05) is 16.8 Å². The summed E-state index contributed by atoms with van der Waals surface area (Å²) < 4.78 is 1.02. The number of rotatable bonds is 3. The largest absolute Gasteiger partial charge is 0.326 e. The van der Waals surface area contributed by atoms with Crippen molar-refractivity contribution in [1.82, 2.24) is 0 Å². The van der Waals surface area contributed by atoms with E-state index in [0.29, 0.717) is 6.54 Å². The second kappa shape index (κ2) is 7.00. The van der Waals surface area contributed by atoms with E-state index in [1.54, 1.807) is 4.90 Å². The van der Waals surface area contributed by atoms with Crippen molar-refractivity contribution < 1.29 is 9.59 Å². The molecule has 1 heterocycles. The first kappa shape index (κ1) is 17.7. The molecule has 1 fully saturated rings. The highest BCUT2D eigenvalue weighted by molar-refractivity contribution is 9.10. The highest BCUT2D eigenvalue weighted by Crippen LogP contribution is 2.29. The van der Waals surface area contributed by atoms with E-state index in [9.17, 15) is 9.59 Å². The monoisotopic (exact) mass is 400 g/mol. The number of hydrogen-bond acceptors (Lipinski definition) is 2. The Morgan fingerprint density at radius 2 is 1.76 bits per heavy atom. The molecule has 1 aliphatic rings. The summed E-state index contributed by atoms with van der Waals surface area (Å²) in [5.74, 6) is -0.447. The number of anilines is 2. The molecular formula is C20H21BrN2O2. The Bertz CT molecular complexity index is 830. The van der Waals surface area contributed by atoms with Gasteiger partial charge in [0.25, 0.3) is 0 Å². The number of nitrogens with zero attached hydrogens (tertiary/aromatic N) is 1. The summed E-state index contributed by atoms with van der Waals surface area (Å²) in [7, 11) is 0. The summed E-state index contributed by atoms with van der Waals surface area (Å²) in [5, 5.41) is 2.98. The summed E-state index contributed by atoms with van der Waals surface area (Å²) in [6, 6.07) is 11.6. The van der Waals surface area contributed by atoms with Crippen LogP contribution in [0.3, 0.4) is 0 Å². The maximum Gasteiger partial charge on any atom is 0.229 e. The Labute approximate surface area is 156 Å². The smallest absolute Gasteiger partial charge is 0.229 e. The van der Waals surface area contributed by atoms with Crippen molar-refractivity contribution in [3.8, 4) is 0 Å². The quantitative estimate of drug-likeness (QED) is 0.831. The van der Waals surface area contributed by atoms with Crippen LogP contribution < -0.4 is 10.2 Å². The van der Waals surface area contributed by atoms with Gasteiger partial charge in [0.2, 0.25) is 11.8 Å². The average molecular weight is 401 g/mol. The van der Waals surface area contributed by atoms with E-state index in [2.05, 4.69) is 21.2 Å². The van der Waals surface area contributed by atoms with Gasteiger partial charge in [-0.3, -0.25) is 9.59 Å². The van der Waals surface area contributed by atoms with E-state index in [4.69, 9.17) is 0 Å². The van der Waals surface area contributed by atoms with Crippen LogP contribution in [-0.4, -0.2) is 18.4 Å². The zero-order valence-electron chi connectivity index (χ0n) is 14.6. The van der Waals surface area contributed by atoms with Crippen LogP contribution in [0.2, 0.25) is 0 Å². The van der Waals surface area contributed by atoms with Crippen LogP contribution in [0.4, 0.5) is 11.4 Å². The number of carbonyl (C=O) groups excluding carboxylic acids is 2. The van der Waals surface area contributed by atoms with Crippen molar-refractivity contribution >= 4 is 39.1 Å². The number of halogens is 1. The second-order valence-electron chi connectivity index (χ2n) is 6.58. The van der Waals surface area contributed by atoms with Gasteiger partial charge in [0.05, 0.1) is 5.92 Å². The molecule has 0 radical (unpaired) electrons. The molecule has 1 N–H and O–H groups in total. The number of benzene rings is 2. The van der Waals surface area contributed by atoms with Crippen molar-refractivity contribution in [3.63, 3.8) is 0 Å². The highest BCUT2D eigenvalue weighted by atomic mass is 79.9. The minimum Gasteiger partial charge on any atom is -0.326 e. The van der Waals surface area contributed by atoms with E-state index in [1.807, 2.05) is 57.2 Å². The van der Waals surface area contributed by atoms with Crippen molar-refractivity contribution in [2.24, 2.45) is 5.92 Å². The highest BCUT2D eigenvalue weighted by Gasteiger charge is 2.35. The van der Waals surface area contributed by atoms with Gasteiger partial charge in [-0.1, -0.05) is 33.6 Å². The molecule has 3 rings (SSSR count). The fourth-order valence-electron chi connectivity index (χ4n) is 3.02. The molecule has 0 unspecified atom stereocenters. The topological polar surface area (TPSA) is 49.4 Å². The lowest BCUT2D eigenvalue weighted by atomic mass is 10.1. The molecule has 0 aromatic heterocycles. The fourth-order valence-corrected chi connectivity index (χ4v) is 3.44. The normalized spacial score (nSPS) is 17.0. The molecule has 0 saturated carbocycles. The first-order valence-corrected chi connectivity index (χ1v) is 9.09. The molecule has 2 aromatic carbocycles. The van der Waals surface area contributed by atoms with Gasteiger partial charge in [-0.15, -0.1) is 0 Å². The summed E-state index contributed by atoms with van der Waals surface area (Å²) in [5.41, 5.74) is 4.92. The predicted molar refractivity (Wildman–Crippen MR) is 104 cm³/mol. The summed E-state index contributed by atoms with van der Waals surface area (Å²) in [6.07, 6.45) is 0.244. The molecule has 4 nitrogen and oxygen atoms in total. The third kappa shape index (κ3) is 3.61. The SMILES string of the molecule is Cc1ccc(N2C[C@@H](C(=O)Nc3ccc(Br)c(C)c3C)CC2=O)cc1. The van der Waals surface area contributed by atoms with Crippen molar-refractivity contribution in [3.05, 3.63) is 57.6 Å². The van der Waals surface area contributed by atoms with Crippen LogP contribution in [0.15, 0.2) is 40.9 Å². The molecule has 2 amide bonds. The van der Waals surface area contributed by atoms with E-state index >= 15 is 0 Å². The Hall–Kier alpha value is -2.14. The van der Waals surface area contributed by atoms with Gasteiger partial charge in [0, 0.05) is 28.8 Å².